The quantitative estimate of drug-likeness (QED) is 0.232. The fourth-order valence-electron chi connectivity index (χ4n) is 3.16. The maximum Gasteiger partial charge on any atom is 0.0259 e. The highest BCUT2D eigenvalue weighted by atomic mass is 32.1. The Bertz CT molecular complexity index is 357. The van der Waals surface area contributed by atoms with E-state index in [2.05, 4.69) is 58.8 Å². The van der Waals surface area contributed by atoms with Crippen LogP contribution in [0.25, 0.3) is 0 Å². The molecule has 0 aromatic heterocycles. The van der Waals surface area contributed by atoms with Crippen LogP contribution < -0.4 is 5.32 Å². The molecule has 0 spiro atoms. The van der Waals surface area contributed by atoms with Gasteiger partial charge in [-0.2, -0.15) is 0 Å². The molecule has 0 aromatic carbocycles. The van der Waals surface area contributed by atoms with Gasteiger partial charge in [-0.1, -0.05) is 85.1 Å². The minimum Gasteiger partial charge on any atom is -0.309 e. The van der Waals surface area contributed by atoms with Crippen molar-refractivity contribution in [2.75, 3.05) is 13.1 Å². The number of rotatable bonds is 9. The topological polar surface area (TPSA) is 12.0 Å². The van der Waals surface area contributed by atoms with Crippen LogP contribution in [0.3, 0.4) is 0 Å². The second kappa shape index (κ2) is 22.6. The molecule has 2 unspecified atom stereocenters. The molecule has 1 rings (SSSR count). The molecular formula is C24H49NS. The van der Waals surface area contributed by atoms with Crippen molar-refractivity contribution < 1.29 is 0 Å². The van der Waals surface area contributed by atoms with Crippen molar-refractivity contribution in [2.45, 2.75) is 93.9 Å². The Kier molecular flexibility index (Phi) is 26.3. The summed E-state index contributed by atoms with van der Waals surface area (Å²) in [4.78, 5) is 0.854. The molecule has 156 valence electrons. The van der Waals surface area contributed by atoms with Crippen molar-refractivity contribution in [3.05, 3.63) is 35.3 Å². The lowest BCUT2D eigenvalue weighted by atomic mass is 9.94. The highest BCUT2D eigenvalue weighted by Gasteiger charge is 2.21. The molecule has 0 heterocycles. The predicted molar refractivity (Wildman–Crippen MR) is 128 cm³/mol. The molecule has 1 N–H and O–H groups in total. The number of allylic oxidation sites excluding steroid dienone is 2. The van der Waals surface area contributed by atoms with Crippen molar-refractivity contribution in [1.29, 1.82) is 0 Å². The second-order valence-electron chi connectivity index (χ2n) is 6.51. The molecule has 0 saturated heterocycles. The Morgan fingerprint density at radius 1 is 1.27 bits per heavy atom. The van der Waals surface area contributed by atoms with E-state index in [1.54, 1.807) is 17.2 Å². The largest absolute Gasteiger partial charge is 0.309 e. The molecule has 0 amide bonds. The minimum absolute atomic E-state index is 0.759. The standard InChI is InChI=1S/C14H26.C6H11NS.2C2H6/c1-5-7-11(3)10-14-9-8-13(6-2)12(14)4;1-3-4-7-5-6(2)8;2*1-2/h11,13H,5-10H2,1-4H3;3,7-8H,1-2,4-5H2;2*1-2H3. The highest BCUT2D eigenvalue weighted by Crippen LogP contribution is 2.37. The van der Waals surface area contributed by atoms with Crippen LogP contribution in [0.2, 0.25) is 0 Å². The third kappa shape index (κ3) is 17.0. The average Bonchev–Trinajstić information content (AvgIpc) is 2.99. The summed E-state index contributed by atoms with van der Waals surface area (Å²) in [6, 6.07) is 0. The summed E-state index contributed by atoms with van der Waals surface area (Å²) in [5.74, 6) is 1.82. The Morgan fingerprint density at radius 2 is 1.85 bits per heavy atom. The smallest absolute Gasteiger partial charge is 0.0259 e. The fourth-order valence-corrected chi connectivity index (χ4v) is 3.27. The number of hydrogen-bond acceptors (Lipinski definition) is 2. The maximum atomic E-state index is 3.98. The maximum absolute atomic E-state index is 3.98. The Balaban J connectivity index is -0.000000377. The van der Waals surface area contributed by atoms with Gasteiger partial charge in [0.25, 0.3) is 0 Å². The zero-order chi connectivity index (χ0) is 21.0. The third-order valence-electron chi connectivity index (χ3n) is 4.45. The van der Waals surface area contributed by atoms with Gasteiger partial charge in [-0.05, 0) is 49.3 Å². The van der Waals surface area contributed by atoms with Crippen LogP contribution in [0.5, 0.6) is 0 Å². The van der Waals surface area contributed by atoms with E-state index in [9.17, 15) is 0 Å². The Labute approximate surface area is 172 Å². The first kappa shape index (κ1) is 30.3. The molecule has 0 fully saturated rings. The van der Waals surface area contributed by atoms with Gasteiger partial charge in [-0.3, -0.25) is 0 Å². The highest BCUT2D eigenvalue weighted by molar-refractivity contribution is 7.84. The molecule has 1 aliphatic carbocycles. The molecule has 26 heavy (non-hydrogen) atoms. The zero-order valence-electron chi connectivity index (χ0n) is 19.3. The SMILES string of the molecule is C=CCNCC(=C)S.CC.CC.CCCC(C)CC1=C(C)C(CC)CC1. The number of hydrogen-bond donors (Lipinski definition) is 2. The Hall–Kier alpha value is -0.470. The summed E-state index contributed by atoms with van der Waals surface area (Å²) < 4.78 is 0. The van der Waals surface area contributed by atoms with Gasteiger partial charge in [0.1, 0.15) is 0 Å². The van der Waals surface area contributed by atoms with Gasteiger partial charge < -0.3 is 5.32 Å². The first-order valence-corrected chi connectivity index (χ1v) is 11.3. The lowest BCUT2D eigenvalue weighted by molar-refractivity contribution is 0.514. The summed E-state index contributed by atoms with van der Waals surface area (Å²) in [6.45, 7) is 26.1. The van der Waals surface area contributed by atoms with Crippen molar-refractivity contribution in [3.8, 4) is 0 Å². The van der Waals surface area contributed by atoms with Crippen LogP contribution in [-0.4, -0.2) is 13.1 Å². The monoisotopic (exact) mass is 383 g/mol. The second-order valence-corrected chi connectivity index (χ2v) is 7.15. The molecule has 1 nitrogen and oxygen atoms in total. The van der Waals surface area contributed by atoms with E-state index >= 15 is 0 Å². The van der Waals surface area contributed by atoms with Crippen molar-refractivity contribution in [1.82, 2.24) is 5.32 Å². The summed E-state index contributed by atoms with van der Waals surface area (Å²) in [6.07, 6.45) is 10.1. The van der Waals surface area contributed by atoms with Gasteiger partial charge in [0, 0.05) is 13.1 Å². The summed E-state index contributed by atoms with van der Waals surface area (Å²) in [5.41, 5.74) is 3.52. The van der Waals surface area contributed by atoms with Gasteiger partial charge in [0.2, 0.25) is 0 Å². The van der Waals surface area contributed by atoms with E-state index in [1.807, 2.05) is 27.7 Å². The van der Waals surface area contributed by atoms with Crippen LogP contribution in [-0.2, 0) is 0 Å². The molecule has 0 saturated carbocycles. The van der Waals surface area contributed by atoms with Crippen LogP contribution in [0.1, 0.15) is 93.9 Å². The van der Waals surface area contributed by atoms with Crippen LogP contribution in [0, 0.1) is 11.8 Å². The molecule has 2 atom stereocenters. The van der Waals surface area contributed by atoms with E-state index in [-0.39, 0.29) is 0 Å². The fraction of sp³-hybridized carbons (Fsp3) is 0.750. The summed E-state index contributed by atoms with van der Waals surface area (Å²) in [5, 5.41) is 3.04. The summed E-state index contributed by atoms with van der Waals surface area (Å²) in [7, 11) is 0. The van der Waals surface area contributed by atoms with E-state index in [4.69, 9.17) is 0 Å². The van der Waals surface area contributed by atoms with E-state index in [1.165, 1.54) is 38.5 Å². The first-order chi connectivity index (χ1) is 12.5. The van der Waals surface area contributed by atoms with Crippen LogP contribution >= 0.6 is 12.6 Å². The first-order valence-electron chi connectivity index (χ1n) is 10.8. The normalized spacial score (nSPS) is 16.3. The molecule has 0 radical (unpaired) electrons. The number of nitrogens with one attached hydrogen (secondary N) is 1. The van der Waals surface area contributed by atoms with Crippen molar-refractivity contribution in [2.24, 2.45) is 11.8 Å². The van der Waals surface area contributed by atoms with Gasteiger partial charge in [0.15, 0.2) is 0 Å². The lowest BCUT2D eigenvalue weighted by Crippen LogP contribution is -2.14. The van der Waals surface area contributed by atoms with Crippen LogP contribution in [0.4, 0.5) is 0 Å². The van der Waals surface area contributed by atoms with Crippen LogP contribution in [0.15, 0.2) is 35.3 Å². The van der Waals surface area contributed by atoms with Gasteiger partial charge >= 0.3 is 0 Å². The van der Waals surface area contributed by atoms with Crippen molar-refractivity contribution >= 4 is 12.6 Å². The molecule has 0 aliphatic heterocycles. The van der Waals surface area contributed by atoms with Crippen molar-refractivity contribution in [3.63, 3.8) is 0 Å². The van der Waals surface area contributed by atoms with E-state index < -0.39 is 0 Å². The lowest BCUT2D eigenvalue weighted by Gasteiger charge is -2.12. The summed E-state index contributed by atoms with van der Waals surface area (Å²) >= 11 is 3.98. The van der Waals surface area contributed by atoms with E-state index in [0.29, 0.717) is 0 Å². The van der Waals surface area contributed by atoms with E-state index in [0.717, 1.165) is 29.8 Å². The zero-order valence-corrected chi connectivity index (χ0v) is 20.1. The molecule has 0 bridgehead atoms. The Morgan fingerprint density at radius 3 is 2.23 bits per heavy atom. The van der Waals surface area contributed by atoms with Gasteiger partial charge in [0.05, 0.1) is 0 Å². The van der Waals surface area contributed by atoms with Gasteiger partial charge in [-0.25, -0.2) is 0 Å². The molecule has 0 aromatic rings. The molecule has 1 aliphatic rings. The molecular weight excluding hydrogens is 334 g/mol. The third-order valence-corrected chi connectivity index (χ3v) is 4.61. The predicted octanol–water partition coefficient (Wildman–Crippen LogP) is 8.21. The molecule has 2 heteroatoms. The minimum atomic E-state index is 0.759. The average molecular weight is 384 g/mol. The number of thiol groups is 1. The van der Waals surface area contributed by atoms with Gasteiger partial charge in [-0.15, -0.1) is 19.2 Å².